The molecule has 1 aliphatic carbocycles. The summed E-state index contributed by atoms with van der Waals surface area (Å²) in [5, 5.41) is 16.6. The summed E-state index contributed by atoms with van der Waals surface area (Å²) >= 11 is 0. The van der Waals surface area contributed by atoms with Crippen molar-refractivity contribution in [1.29, 1.82) is 0 Å². The van der Waals surface area contributed by atoms with E-state index >= 15 is 0 Å². The Morgan fingerprint density at radius 3 is 2.63 bits per heavy atom. The molecule has 0 amide bonds. The van der Waals surface area contributed by atoms with E-state index in [1.54, 1.807) is 6.20 Å². The van der Waals surface area contributed by atoms with E-state index in [1.807, 2.05) is 18.3 Å². The normalized spacial score (nSPS) is 19.7. The fraction of sp³-hybridized carbons (Fsp3) is 0.550. The van der Waals surface area contributed by atoms with Crippen LogP contribution in [0, 0.1) is 0 Å². The molecule has 1 aliphatic rings. The molecule has 0 saturated heterocycles. The fourth-order valence-electron chi connectivity index (χ4n) is 3.26. The Morgan fingerprint density at radius 1 is 1.15 bits per heavy atom. The van der Waals surface area contributed by atoms with Gasteiger partial charge in [-0.05, 0) is 43.7 Å². The summed E-state index contributed by atoms with van der Waals surface area (Å²) in [6, 6.07) is 4.24. The molecule has 0 atom stereocenters. The van der Waals surface area contributed by atoms with Gasteiger partial charge in [-0.3, -0.25) is 4.98 Å². The minimum atomic E-state index is -0.176. The van der Waals surface area contributed by atoms with Crippen molar-refractivity contribution < 1.29 is 5.11 Å². The Morgan fingerprint density at radius 2 is 1.96 bits per heavy atom. The minimum absolute atomic E-state index is 0.176. The van der Waals surface area contributed by atoms with Gasteiger partial charge in [-0.15, -0.1) is 0 Å². The Bertz CT molecular complexity index is 713. The monoisotopic (exact) mass is 370 g/mol. The molecule has 2 aromatic heterocycles. The Kier molecular flexibility index (Phi) is 6.95. The molecule has 0 aliphatic heterocycles. The van der Waals surface area contributed by atoms with Crippen molar-refractivity contribution in [2.45, 2.75) is 64.1 Å². The molecule has 0 unspecified atom stereocenters. The zero-order valence-electron chi connectivity index (χ0n) is 16.0. The third-order valence-electron chi connectivity index (χ3n) is 4.98. The van der Waals surface area contributed by atoms with Crippen molar-refractivity contribution in [3.05, 3.63) is 30.1 Å². The van der Waals surface area contributed by atoms with Crippen LogP contribution in [0.3, 0.4) is 0 Å². The summed E-state index contributed by atoms with van der Waals surface area (Å²) in [7, 11) is 0. The second-order valence-corrected chi connectivity index (χ2v) is 7.14. The first-order valence-corrected chi connectivity index (χ1v) is 9.90. The molecule has 1 saturated carbocycles. The molecular formula is C20H30N6O. The molecule has 27 heavy (non-hydrogen) atoms. The summed E-state index contributed by atoms with van der Waals surface area (Å²) in [6.45, 7) is 3.49. The van der Waals surface area contributed by atoms with Gasteiger partial charge in [0, 0.05) is 31.5 Å². The van der Waals surface area contributed by atoms with Gasteiger partial charge >= 0.3 is 0 Å². The number of aromatic nitrogens is 3. The largest absolute Gasteiger partial charge is 0.393 e. The van der Waals surface area contributed by atoms with Crippen LogP contribution in [0.15, 0.2) is 24.5 Å². The van der Waals surface area contributed by atoms with E-state index in [4.69, 9.17) is 10.7 Å². The van der Waals surface area contributed by atoms with Crippen molar-refractivity contribution in [3.63, 3.8) is 0 Å². The van der Waals surface area contributed by atoms with Crippen LogP contribution < -0.4 is 16.4 Å². The highest BCUT2D eigenvalue weighted by Gasteiger charge is 2.21. The number of nitrogens with two attached hydrogens (primary N) is 1. The molecule has 7 heteroatoms. The Balaban J connectivity index is 1.83. The molecule has 0 aromatic carbocycles. The molecule has 7 nitrogen and oxygen atoms in total. The molecule has 3 rings (SSSR count). The number of nitrogens with one attached hydrogen (secondary N) is 2. The number of aliphatic hydroxyl groups is 1. The van der Waals surface area contributed by atoms with Gasteiger partial charge in [0.25, 0.3) is 0 Å². The third kappa shape index (κ3) is 5.37. The SMILES string of the molecule is CCCCNc1ncc(-c2ccc(CN)cn2)c(N[C@H]2CC[C@H](O)CC2)n1. The number of unbranched alkanes of at least 4 members (excludes halogenated alkanes) is 1. The summed E-state index contributed by atoms with van der Waals surface area (Å²) in [6.07, 6.45) is 9.16. The Hall–Kier alpha value is -2.25. The average Bonchev–Trinajstić information content (AvgIpc) is 2.70. The third-order valence-corrected chi connectivity index (χ3v) is 4.98. The van der Waals surface area contributed by atoms with E-state index < -0.39 is 0 Å². The highest BCUT2D eigenvalue weighted by Crippen LogP contribution is 2.29. The zero-order valence-corrected chi connectivity index (χ0v) is 16.0. The standard InChI is InChI=1S/C20H30N6O/c1-2-3-10-22-20-24-13-17(18-9-4-14(11-21)12-23-18)19(26-20)25-15-5-7-16(27)8-6-15/h4,9,12-13,15-16,27H,2-3,5-8,10-11,21H2,1H3,(H2,22,24,25,26)/t15-,16-. The second kappa shape index (κ2) is 9.62. The highest BCUT2D eigenvalue weighted by molar-refractivity contribution is 5.72. The first-order chi connectivity index (χ1) is 13.2. The van der Waals surface area contributed by atoms with Crippen molar-refractivity contribution >= 4 is 11.8 Å². The van der Waals surface area contributed by atoms with Gasteiger partial charge in [-0.25, -0.2) is 4.98 Å². The number of anilines is 2. The van der Waals surface area contributed by atoms with Gasteiger partial charge in [-0.2, -0.15) is 4.98 Å². The Labute approximate surface area is 160 Å². The fourth-order valence-corrected chi connectivity index (χ4v) is 3.26. The van der Waals surface area contributed by atoms with Crippen molar-refractivity contribution in [2.75, 3.05) is 17.2 Å². The van der Waals surface area contributed by atoms with E-state index in [-0.39, 0.29) is 6.10 Å². The number of aliphatic hydroxyl groups excluding tert-OH is 1. The van der Waals surface area contributed by atoms with E-state index in [0.717, 1.165) is 67.7 Å². The molecule has 146 valence electrons. The number of rotatable bonds is 8. The van der Waals surface area contributed by atoms with Crippen LogP contribution in [0.4, 0.5) is 11.8 Å². The predicted molar refractivity (Wildman–Crippen MR) is 108 cm³/mol. The van der Waals surface area contributed by atoms with E-state index in [2.05, 4.69) is 27.5 Å². The molecule has 1 fully saturated rings. The average molecular weight is 371 g/mol. The van der Waals surface area contributed by atoms with Gasteiger partial charge < -0.3 is 21.5 Å². The molecular weight excluding hydrogens is 340 g/mol. The first-order valence-electron chi connectivity index (χ1n) is 9.90. The summed E-state index contributed by atoms with van der Waals surface area (Å²) < 4.78 is 0. The van der Waals surface area contributed by atoms with Gasteiger partial charge in [0.1, 0.15) is 5.82 Å². The predicted octanol–water partition coefficient (Wildman–Crippen LogP) is 2.92. The van der Waals surface area contributed by atoms with Crippen LogP contribution in [0.1, 0.15) is 51.0 Å². The topological polar surface area (TPSA) is 109 Å². The first kappa shape index (κ1) is 19.5. The van der Waals surface area contributed by atoms with Crippen LogP contribution in [0.2, 0.25) is 0 Å². The number of hydrogen-bond donors (Lipinski definition) is 4. The molecule has 5 N–H and O–H groups in total. The second-order valence-electron chi connectivity index (χ2n) is 7.14. The maximum atomic E-state index is 9.76. The van der Waals surface area contributed by atoms with Crippen LogP contribution >= 0.6 is 0 Å². The van der Waals surface area contributed by atoms with Gasteiger partial charge in [0.05, 0.1) is 17.4 Å². The molecule has 0 radical (unpaired) electrons. The van der Waals surface area contributed by atoms with Crippen molar-refractivity contribution in [1.82, 2.24) is 15.0 Å². The van der Waals surface area contributed by atoms with Crippen LogP contribution in [-0.4, -0.2) is 38.7 Å². The highest BCUT2D eigenvalue weighted by atomic mass is 16.3. The molecule has 0 bridgehead atoms. The zero-order chi connectivity index (χ0) is 19.1. The number of hydrogen-bond acceptors (Lipinski definition) is 7. The quantitative estimate of drug-likeness (QED) is 0.529. The van der Waals surface area contributed by atoms with Gasteiger partial charge in [-0.1, -0.05) is 19.4 Å². The van der Waals surface area contributed by atoms with Crippen LogP contribution in [0.25, 0.3) is 11.3 Å². The van der Waals surface area contributed by atoms with E-state index in [1.165, 1.54) is 0 Å². The van der Waals surface area contributed by atoms with Crippen LogP contribution in [-0.2, 0) is 6.54 Å². The van der Waals surface area contributed by atoms with Crippen molar-refractivity contribution in [3.8, 4) is 11.3 Å². The summed E-state index contributed by atoms with van der Waals surface area (Å²) in [4.78, 5) is 13.7. The lowest BCUT2D eigenvalue weighted by Crippen LogP contribution is -2.29. The lowest BCUT2D eigenvalue weighted by Gasteiger charge is -2.27. The van der Waals surface area contributed by atoms with E-state index in [9.17, 15) is 5.11 Å². The van der Waals surface area contributed by atoms with Gasteiger partial charge in [0.2, 0.25) is 5.95 Å². The minimum Gasteiger partial charge on any atom is -0.393 e. The lowest BCUT2D eigenvalue weighted by atomic mass is 9.93. The van der Waals surface area contributed by atoms with Crippen LogP contribution in [0.5, 0.6) is 0 Å². The molecule has 0 spiro atoms. The number of nitrogens with zero attached hydrogens (tertiary/aromatic N) is 3. The maximum Gasteiger partial charge on any atom is 0.224 e. The van der Waals surface area contributed by atoms with E-state index in [0.29, 0.717) is 18.5 Å². The van der Waals surface area contributed by atoms with Crippen molar-refractivity contribution in [2.24, 2.45) is 5.73 Å². The smallest absolute Gasteiger partial charge is 0.224 e. The lowest BCUT2D eigenvalue weighted by molar-refractivity contribution is 0.126. The van der Waals surface area contributed by atoms with Gasteiger partial charge in [0.15, 0.2) is 0 Å². The maximum absolute atomic E-state index is 9.76. The molecule has 2 heterocycles. The summed E-state index contributed by atoms with van der Waals surface area (Å²) in [5.41, 5.74) is 8.37. The number of pyridine rings is 1. The molecule has 2 aromatic rings. The summed E-state index contributed by atoms with van der Waals surface area (Å²) in [5.74, 6) is 1.42.